The molecule has 5 aromatic rings. The lowest BCUT2D eigenvalue weighted by Crippen LogP contribution is -1.87. The van der Waals surface area contributed by atoms with Gasteiger partial charge in [0, 0.05) is 29.7 Å². The van der Waals surface area contributed by atoms with Gasteiger partial charge in [0.05, 0.1) is 22.3 Å². The van der Waals surface area contributed by atoms with Gasteiger partial charge in [0.25, 0.3) is 0 Å². The van der Waals surface area contributed by atoms with E-state index in [2.05, 4.69) is 36.7 Å². The first-order valence-electron chi connectivity index (χ1n) is 9.95. The number of H-pyrrole nitrogens is 2. The van der Waals surface area contributed by atoms with E-state index in [4.69, 9.17) is 4.98 Å². The fourth-order valence-corrected chi connectivity index (χ4v) is 3.57. The van der Waals surface area contributed by atoms with Crippen LogP contribution >= 0.6 is 0 Å². The van der Waals surface area contributed by atoms with E-state index in [1.54, 1.807) is 30.8 Å². The summed E-state index contributed by atoms with van der Waals surface area (Å²) in [6, 6.07) is 10.1. The van der Waals surface area contributed by atoms with E-state index in [1.807, 2.05) is 31.2 Å². The molecule has 4 aromatic heterocycles. The lowest BCUT2D eigenvalue weighted by Gasteiger charge is -2.01. The van der Waals surface area contributed by atoms with Crippen LogP contribution < -0.4 is 0 Å². The number of fused-ring (bicyclic) bond motifs is 2. The van der Waals surface area contributed by atoms with Crippen molar-refractivity contribution in [2.75, 3.05) is 0 Å². The van der Waals surface area contributed by atoms with Crippen LogP contribution in [0.5, 0.6) is 0 Å². The van der Waals surface area contributed by atoms with Gasteiger partial charge >= 0.3 is 0 Å². The van der Waals surface area contributed by atoms with Crippen molar-refractivity contribution in [3.8, 4) is 22.8 Å². The van der Waals surface area contributed by atoms with Gasteiger partial charge in [0.15, 0.2) is 11.5 Å². The van der Waals surface area contributed by atoms with Crippen molar-refractivity contribution < 1.29 is 4.39 Å². The number of rotatable bonds is 5. The normalized spacial score (nSPS) is 12.2. The molecular formula is C24H18FN7. The first kappa shape index (κ1) is 19.5. The molecule has 0 bridgehead atoms. The number of allylic oxidation sites excluding steroid dienone is 2. The number of benzene rings is 1. The number of hydrogen-bond donors (Lipinski definition) is 2. The summed E-state index contributed by atoms with van der Waals surface area (Å²) in [5.74, 6) is 0.262. The van der Waals surface area contributed by atoms with Crippen molar-refractivity contribution in [2.45, 2.75) is 6.92 Å². The van der Waals surface area contributed by atoms with Crippen LogP contribution in [0, 0.1) is 5.82 Å². The van der Waals surface area contributed by atoms with Crippen molar-refractivity contribution in [1.82, 2.24) is 30.1 Å². The highest BCUT2D eigenvalue weighted by Gasteiger charge is 2.17. The van der Waals surface area contributed by atoms with Gasteiger partial charge in [-0.05, 0) is 31.2 Å². The molecule has 5 rings (SSSR count). The lowest BCUT2D eigenvalue weighted by atomic mass is 10.1. The highest BCUT2D eigenvalue weighted by Crippen LogP contribution is 2.31. The van der Waals surface area contributed by atoms with Crippen molar-refractivity contribution >= 4 is 34.0 Å². The molecule has 0 aliphatic carbocycles. The highest BCUT2D eigenvalue weighted by atomic mass is 19.1. The number of aromatic amines is 2. The highest BCUT2D eigenvalue weighted by molar-refractivity contribution is 5.96. The number of imidazole rings is 1. The zero-order chi connectivity index (χ0) is 22.1. The van der Waals surface area contributed by atoms with Crippen molar-refractivity contribution in [1.29, 1.82) is 0 Å². The van der Waals surface area contributed by atoms with Crippen LogP contribution in [0.1, 0.15) is 12.5 Å². The van der Waals surface area contributed by atoms with Crippen LogP contribution in [-0.4, -0.2) is 36.3 Å². The molecule has 0 spiro atoms. The Kier molecular flexibility index (Phi) is 4.87. The molecule has 0 saturated carbocycles. The molecule has 32 heavy (non-hydrogen) atoms. The number of nitrogens with zero attached hydrogens (tertiary/aromatic N) is 5. The van der Waals surface area contributed by atoms with Crippen molar-refractivity contribution in [3.05, 3.63) is 78.9 Å². The van der Waals surface area contributed by atoms with Gasteiger partial charge < -0.3 is 4.98 Å². The van der Waals surface area contributed by atoms with E-state index in [1.165, 1.54) is 12.1 Å². The third-order valence-corrected chi connectivity index (χ3v) is 5.03. The minimum Gasteiger partial charge on any atom is -0.337 e. The van der Waals surface area contributed by atoms with E-state index in [0.29, 0.717) is 33.9 Å². The summed E-state index contributed by atoms with van der Waals surface area (Å²) in [5.41, 5.74) is 5.56. The number of pyridine rings is 2. The monoisotopic (exact) mass is 423 g/mol. The van der Waals surface area contributed by atoms with Crippen LogP contribution in [-0.2, 0) is 0 Å². The fraction of sp³-hybridized carbons (Fsp3) is 0.0417. The first-order valence-corrected chi connectivity index (χ1v) is 9.95. The van der Waals surface area contributed by atoms with Gasteiger partial charge in [-0.15, -0.1) is 0 Å². The number of halogens is 1. The van der Waals surface area contributed by atoms with E-state index in [0.717, 1.165) is 22.2 Å². The van der Waals surface area contributed by atoms with Crippen LogP contribution in [0.15, 0.2) is 72.5 Å². The first-order chi connectivity index (χ1) is 15.7. The molecule has 7 nitrogen and oxygen atoms in total. The molecule has 0 unspecified atom stereocenters. The van der Waals surface area contributed by atoms with Crippen LogP contribution in [0.25, 0.3) is 50.5 Å². The van der Waals surface area contributed by atoms with Crippen molar-refractivity contribution in [3.63, 3.8) is 0 Å². The molecule has 1 aromatic carbocycles. The summed E-state index contributed by atoms with van der Waals surface area (Å²) in [5, 5.41) is 8.14. The van der Waals surface area contributed by atoms with Crippen LogP contribution in [0.3, 0.4) is 0 Å². The van der Waals surface area contributed by atoms with Crippen LogP contribution in [0.2, 0.25) is 0 Å². The Morgan fingerprint density at radius 3 is 2.91 bits per heavy atom. The molecule has 0 atom stereocenters. The second-order valence-corrected chi connectivity index (χ2v) is 7.03. The number of aromatic nitrogens is 6. The number of aliphatic imine (C=N–C) groups is 1. The maximum Gasteiger partial charge on any atom is 0.181 e. The summed E-state index contributed by atoms with van der Waals surface area (Å²) < 4.78 is 13.8. The smallest absolute Gasteiger partial charge is 0.181 e. The predicted molar refractivity (Wildman–Crippen MR) is 125 cm³/mol. The molecule has 0 amide bonds. The van der Waals surface area contributed by atoms with Gasteiger partial charge in [-0.25, -0.2) is 14.4 Å². The molecule has 2 N–H and O–H groups in total. The quantitative estimate of drug-likeness (QED) is 0.374. The minimum atomic E-state index is -0.325. The Bertz CT molecular complexity index is 1520. The maximum atomic E-state index is 13.8. The molecule has 156 valence electrons. The molecule has 4 heterocycles. The van der Waals surface area contributed by atoms with E-state index < -0.39 is 0 Å². The van der Waals surface area contributed by atoms with Gasteiger partial charge in [0.1, 0.15) is 17.0 Å². The van der Waals surface area contributed by atoms with Gasteiger partial charge in [-0.1, -0.05) is 30.9 Å². The molecule has 0 radical (unpaired) electrons. The SMILES string of the molecule is C=CC=N/C(=C\C)c1cnc2n[nH]c(-c3nc4c(-c5cccc(F)c5)nccc4[nH]3)c2c1. The average Bonchev–Trinajstić information content (AvgIpc) is 3.43. The Balaban J connectivity index is 1.65. The molecular weight excluding hydrogens is 405 g/mol. The maximum absolute atomic E-state index is 13.8. The Labute approximate surface area is 182 Å². The molecule has 0 fully saturated rings. The second kappa shape index (κ2) is 7.99. The molecule has 8 heteroatoms. The molecule has 0 saturated heterocycles. The number of hydrogen-bond acceptors (Lipinski definition) is 5. The summed E-state index contributed by atoms with van der Waals surface area (Å²) in [6.45, 7) is 5.58. The zero-order valence-electron chi connectivity index (χ0n) is 17.2. The summed E-state index contributed by atoms with van der Waals surface area (Å²) in [4.78, 5) is 21.4. The largest absolute Gasteiger partial charge is 0.337 e. The minimum absolute atomic E-state index is 0.325. The Hall–Kier alpha value is -4.46. The topological polar surface area (TPSA) is 95.5 Å². The van der Waals surface area contributed by atoms with E-state index in [-0.39, 0.29) is 5.82 Å². The summed E-state index contributed by atoms with van der Waals surface area (Å²) in [7, 11) is 0. The van der Waals surface area contributed by atoms with E-state index in [9.17, 15) is 4.39 Å². The number of nitrogens with one attached hydrogen (secondary N) is 2. The lowest BCUT2D eigenvalue weighted by molar-refractivity contribution is 0.628. The summed E-state index contributed by atoms with van der Waals surface area (Å²) >= 11 is 0. The molecule has 0 aliphatic heterocycles. The van der Waals surface area contributed by atoms with Crippen LogP contribution in [0.4, 0.5) is 4.39 Å². The van der Waals surface area contributed by atoms with E-state index >= 15 is 0 Å². The van der Waals surface area contributed by atoms with Gasteiger partial charge in [-0.3, -0.25) is 15.1 Å². The zero-order valence-corrected chi connectivity index (χ0v) is 17.2. The second-order valence-electron chi connectivity index (χ2n) is 7.03. The Morgan fingerprint density at radius 2 is 2.09 bits per heavy atom. The predicted octanol–water partition coefficient (Wildman–Crippen LogP) is 5.32. The molecule has 0 aliphatic rings. The fourth-order valence-electron chi connectivity index (χ4n) is 3.57. The average molecular weight is 423 g/mol. The Morgan fingerprint density at radius 1 is 1.19 bits per heavy atom. The standard InChI is InChI=1S/C24H18FN7/c1-3-9-26-18(4-2)15-12-17-21(31-32-23(17)28-13-15)24-29-19-8-10-27-20(22(19)30-24)14-6-5-7-16(25)11-14/h3-13H,1H2,2H3,(H,29,30)(H,28,31,32)/b18-4-,26-9?. The third kappa shape index (κ3) is 3.37. The summed E-state index contributed by atoms with van der Waals surface area (Å²) in [6.07, 6.45) is 8.56. The third-order valence-electron chi connectivity index (χ3n) is 5.03. The van der Waals surface area contributed by atoms with Gasteiger partial charge in [-0.2, -0.15) is 5.10 Å². The van der Waals surface area contributed by atoms with Crippen molar-refractivity contribution in [2.24, 2.45) is 4.99 Å². The van der Waals surface area contributed by atoms with Gasteiger partial charge in [0.2, 0.25) is 0 Å².